The smallest absolute Gasteiger partial charge is 0.242 e. The van der Waals surface area contributed by atoms with Crippen molar-refractivity contribution in [3.05, 3.63) is 66.0 Å². The fraction of sp³-hybridized carbons (Fsp3) is 0.333. The molecule has 0 unspecified atom stereocenters. The average Bonchev–Trinajstić information content (AvgIpc) is 3.03. The van der Waals surface area contributed by atoms with E-state index in [0.717, 1.165) is 34.6 Å². The summed E-state index contributed by atoms with van der Waals surface area (Å²) >= 11 is 1.71. The molecule has 0 aliphatic heterocycles. The van der Waals surface area contributed by atoms with Gasteiger partial charge in [0.2, 0.25) is 5.91 Å². The molecule has 0 spiro atoms. The second kappa shape index (κ2) is 12.8. The molecule has 158 valence electrons. The summed E-state index contributed by atoms with van der Waals surface area (Å²) < 4.78 is 2.05. The van der Waals surface area contributed by atoms with E-state index in [1.54, 1.807) is 11.8 Å². The predicted octanol–water partition coefficient (Wildman–Crippen LogP) is 4.12. The van der Waals surface area contributed by atoms with E-state index in [2.05, 4.69) is 23.0 Å². The minimum Gasteiger partial charge on any atom is -0.337 e. The van der Waals surface area contributed by atoms with Crippen molar-refractivity contribution in [3.8, 4) is 0 Å². The Hall–Kier alpha value is -1.73. The van der Waals surface area contributed by atoms with Gasteiger partial charge in [-0.05, 0) is 36.9 Å². The van der Waals surface area contributed by atoms with Crippen LogP contribution in [0.3, 0.4) is 0 Å². The molecule has 8 heteroatoms. The highest BCUT2D eigenvalue weighted by molar-refractivity contribution is 7.97. The zero-order valence-electron chi connectivity index (χ0n) is 16.5. The number of carbonyl (C=O) groups excluding carboxylic acids is 1. The standard InChI is InChI=1S/C21H26N4OS.2ClH/c1-27-16-20-23-18-10-5-6-11-19(18)25(20)15-21(26)24(13-7-12-22)14-17-8-3-2-4-9-17;;/h2-6,8-11H,7,12-16,22H2,1H3;2*1H. The zero-order chi connectivity index (χ0) is 19.1. The fourth-order valence-corrected chi connectivity index (χ4v) is 3.63. The van der Waals surface area contributed by atoms with Crippen LogP contribution in [0.15, 0.2) is 54.6 Å². The molecule has 3 rings (SSSR count). The van der Waals surface area contributed by atoms with E-state index in [1.165, 1.54) is 0 Å². The summed E-state index contributed by atoms with van der Waals surface area (Å²) in [6, 6.07) is 18.1. The lowest BCUT2D eigenvalue weighted by Crippen LogP contribution is -2.35. The number of thioether (sulfide) groups is 1. The predicted molar refractivity (Wildman–Crippen MR) is 127 cm³/mol. The molecule has 0 fully saturated rings. The number of amides is 1. The SMILES string of the molecule is CSCc1nc2ccccc2n1CC(=O)N(CCCN)Cc1ccccc1.Cl.Cl. The van der Waals surface area contributed by atoms with Gasteiger partial charge in [-0.3, -0.25) is 4.79 Å². The molecule has 5 nitrogen and oxygen atoms in total. The number of fused-ring (bicyclic) bond motifs is 1. The summed E-state index contributed by atoms with van der Waals surface area (Å²) in [5.74, 6) is 1.82. The number of para-hydroxylation sites is 2. The number of imidazole rings is 1. The van der Waals surface area contributed by atoms with Crippen molar-refractivity contribution in [1.29, 1.82) is 0 Å². The van der Waals surface area contributed by atoms with Crippen LogP contribution in [0.25, 0.3) is 11.0 Å². The van der Waals surface area contributed by atoms with Crippen LogP contribution in [-0.4, -0.2) is 39.7 Å². The largest absolute Gasteiger partial charge is 0.337 e. The molecule has 0 atom stereocenters. The maximum atomic E-state index is 13.2. The molecule has 0 saturated heterocycles. The molecule has 0 aliphatic carbocycles. The molecule has 2 N–H and O–H groups in total. The van der Waals surface area contributed by atoms with Gasteiger partial charge in [0, 0.05) is 13.1 Å². The van der Waals surface area contributed by atoms with Gasteiger partial charge < -0.3 is 15.2 Å². The maximum Gasteiger partial charge on any atom is 0.242 e. The molecule has 1 aromatic heterocycles. The first-order valence-electron chi connectivity index (χ1n) is 9.17. The fourth-order valence-electron chi connectivity index (χ4n) is 3.15. The molecule has 3 aromatic rings. The van der Waals surface area contributed by atoms with Crippen molar-refractivity contribution in [3.63, 3.8) is 0 Å². The van der Waals surface area contributed by atoms with Gasteiger partial charge in [-0.1, -0.05) is 42.5 Å². The monoisotopic (exact) mass is 454 g/mol. The third kappa shape index (κ3) is 6.64. The Morgan fingerprint density at radius 1 is 1.10 bits per heavy atom. The second-order valence-corrected chi connectivity index (χ2v) is 7.35. The molecular weight excluding hydrogens is 427 g/mol. The maximum absolute atomic E-state index is 13.2. The van der Waals surface area contributed by atoms with Gasteiger partial charge in [0.05, 0.1) is 16.8 Å². The molecular formula is C21H28Cl2N4OS. The molecule has 0 saturated carbocycles. The number of carbonyl (C=O) groups is 1. The number of aromatic nitrogens is 2. The Morgan fingerprint density at radius 3 is 2.48 bits per heavy atom. The normalized spacial score (nSPS) is 10.3. The Balaban J connectivity index is 0.00000210. The molecule has 29 heavy (non-hydrogen) atoms. The van der Waals surface area contributed by atoms with Crippen LogP contribution >= 0.6 is 36.6 Å². The number of hydrogen-bond donors (Lipinski definition) is 1. The first-order valence-corrected chi connectivity index (χ1v) is 10.6. The van der Waals surface area contributed by atoms with E-state index in [-0.39, 0.29) is 30.7 Å². The summed E-state index contributed by atoms with van der Waals surface area (Å²) in [5.41, 5.74) is 8.76. The average molecular weight is 455 g/mol. The van der Waals surface area contributed by atoms with Crippen molar-refractivity contribution in [2.45, 2.75) is 25.3 Å². The third-order valence-corrected chi connectivity index (χ3v) is 5.05. The number of nitrogens with zero attached hydrogens (tertiary/aromatic N) is 3. The summed E-state index contributed by atoms with van der Waals surface area (Å²) in [6.07, 6.45) is 2.84. The van der Waals surface area contributed by atoms with E-state index in [9.17, 15) is 4.79 Å². The minimum atomic E-state index is 0. The van der Waals surface area contributed by atoms with Crippen LogP contribution in [0, 0.1) is 0 Å². The first kappa shape index (κ1) is 25.3. The van der Waals surface area contributed by atoms with Gasteiger partial charge >= 0.3 is 0 Å². The van der Waals surface area contributed by atoms with Crippen LogP contribution in [-0.2, 0) is 23.6 Å². The molecule has 2 aromatic carbocycles. The van der Waals surface area contributed by atoms with Crippen LogP contribution in [0.2, 0.25) is 0 Å². The molecule has 0 aliphatic rings. The Bertz CT molecular complexity index is 889. The number of nitrogens with two attached hydrogens (primary N) is 1. The van der Waals surface area contributed by atoms with Gasteiger partial charge in [0.25, 0.3) is 0 Å². The first-order chi connectivity index (χ1) is 13.2. The topological polar surface area (TPSA) is 64.2 Å². The summed E-state index contributed by atoms with van der Waals surface area (Å²) in [4.78, 5) is 19.8. The zero-order valence-corrected chi connectivity index (χ0v) is 18.9. The van der Waals surface area contributed by atoms with Crippen molar-refractivity contribution >= 4 is 53.5 Å². The Morgan fingerprint density at radius 2 is 1.79 bits per heavy atom. The third-order valence-electron chi connectivity index (χ3n) is 4.50. The van der Waals surface area contributed by atoms with Crippen molar-refractivity contribution < 1.29 is 4.79 Å². The van der Waals surface area contributed by atoms with Gasteiger partial charge in [0.1, 0.15) is 12.4 Å². The van der Waals surface area contributed by atoms with Crippen LogP contribution in [0.1, 0.15) is 17.8 Å². The second-order valence-electron chi connectivity index (χ2n) is 6.48. The highest BCUT2D eigenvalue weighted by Gasteiger charge is 2.18. The highest BCUT2D eigenvalue weighted by Crippen LogP contribution is 2.19. The number of halogens is 2. The minimum absolute atomic E-state index is 0. The molecule has 1 heterocycles. The molecule has 0 bridgehead atoms. The van der Waals surface area contributed by atoms with Gasteiger partial charge in [-0.15, -0.1) is 24.8 Å². The number of rotatable bonds is 9. The van der Waals surface area contributed by atoms with E-state index in [0.29, 0.717) is 26.2 Å². The lowest BCUT2D eigenvalue weighted by Gasteiger charge is -2.23. The van der Waals surface area contributed by atoms with Crippen molar-refractivity contribution in [1.82, 2.24) is 14.5 Å². The molecule has 0 radical (unpaired) electrons. The van der Waals surface area contributed by atoms with E-state index < -0.39 is 0 Å². The van der Waals surface area contributed by atoms with Crippen LogP contribution < -0.4 is 5.73 Å². The van der Waals surface area contributed by atoms with Crippen molar-refractivity contribution in [2.24, 2.45) is 5.73 Å². The van der Waals surface area contributed by atoms with E-state index in [1.807, 2.05) is 47.4 Å². The van der Waals surface area contributed by atoms with Crippen LogP contribution in [0.4, 0.5) is 0 Å². The number of hydrogen-bond acceptors (Lipinski definition) is 4. The highest BCUT2D eigenvalue weighted by atomic mass is 35.5. The Labute approximate surface area is 188 Å². The van der Waals surface area contributed by atoms with E-state index >= 15 is 0 Å². The van der Waals surface area contributed by atoms with Crippen molar-refractivity contribution in [2.75, 3.05) is 19.3 Å². The lowest BCUT2D eigenvalue weighted by atomic mass is 10.2. The lowest BCUT2D eigenvalue weighted by molar-refractivity contribution is -0.132. The molecule has 1 amide bonds. The van der Waals surface area contributed by atoms with Gasteiger partial charge in [-0.2, -0.15) is 11.8 Å². The quantitative estimate of drug-likeness (QED) is 0.527. The number of benzene rings is 2. The van der Waals surface area contributed by atoms with Gasteiger partial charge in [-0.25, -0.2) is 4.98 Å². The Kier molecular flexibility index (Phi) is 11.1. The van der Waals surface area contributed by atoms with E-state index in [4.69, 9.17) is 10.7 Å². The summed E-state index contributed by atoms with van der Waals surface area (Å²) in [6.45, 7) is 2.14. The summed E-state index contributed by atoms with van der Waals surface area (Å²) in [7, 11) is 0. The van der Waals surface area contributed by atoms with Crippen LogP contribution in [0.5, 0.6) is 0 Å². The summed E-state index contributed by atoms with van der Waals surface area (Å²) in [5, 5.41) is 0. The van der Waals surface area contributed by atoms with Gasteiger partial charge in [0.15, 0.2) is 0 Å².